The van der Waals surface area contributed by atoms with E-state index in [-0.39, 0.29) is 6.61 Å². The highest BCUT2D eigenvalue weighted by Crippen LogP contribution is 2.35. The fourth-order valence-electron chi connectivity index (χ4n) is 0.571. The fourth-order valence-corrected chi connectivity index (χ4v) is 0.571. The van der Waals surface area contributed by atoms with E-state index in [0.717, 1.165) is 7.11 Å². The van der Waals surface area contributed by atoms with Crippen LogP contribution in [0, 0.1) is 0 Å². The second kappa shape index (κ2) is 5.10. The van der Waals surface area contributed by atoms with Crippen LogP contribution in [0.4, 0.5) is 17.6 Å². The zero-order chi connectivity index (χ0) is 13.0. The summed E-state index contributed by atoms with van der Waals surface area (Å²) in [7, 11) is 1.16. The highest BCUT2D eigenvalue weighted by molar-refractivity contribution is 5.89. The van der Waals surface area contributed by atoms with Gasteiger partial charge < -0.3 is 14.6 Å². The summed E-state index contributed by atoms with van der Waals surface area (Å²) in [6.07, 6.45) is 0. The average Bonchev–Trinajstić information content (AvgIpc) is 2.17. The van der Waals surface area contributed by atoms with Gasteiger partial charge in [0.2, 0.25) is 0 Å². The normalized spacial score (nSPS) is 12.3. The number of carbonyl (C=O) groups excluding carboxylic acids is 1. The summed E-state index contributed by atoms with van der Waals surface area (Å²) in [4.78, 5) is 20.4. The zero-order valence-corrected chi connectivity index (χ0v) is 8.01. The summed E-state index contributed by atoms with van der Waals surface area (Å²) in [5.41, 5.74) is 0. The van der Waals surface area contributed by atoms with Gasteiger partial charge in [-0.05, 0) is 0 Å². The second-order valence-corrected chi connectivity index (χ2v) is 2.58. The smallest absolute Gasteiger partial charge is 0.415 e. The Morgan fingerprint density at radius 3 is 2.00 bits per heavy atom. The van der Waals surface area contributed by atoms with E-state index >= 15 is 0 Å². The minimum absolute atomic E-state index is 0.277. The van der Waals surface area contributed by atoms with Gasteiger partial charge in [0.1, 0.15) is 6.61 Å². The first-order valence-corrected chi connectivity index (χ1v) is 3.83. The Bertz CT molecular complexity index is 278. The molecule has 1 N–H and O–H groups in total. The van der Waals surface area contributed by atoms with E-state index in [0.29, 0.717) is 0 Å². The Morgan fingerprint density at radius 2 is 1.62 bits per heavy atom. The van der Waals surface area contributed by atoms with Gasteiger partial charge in [-0.2, -0.15) is 17.6 Å². The molecule has 0 atom stereocenters. The molecule has 0 aromatic rings. The van der Waals surface area contributed by atoms with Crippen molar-refractivity contribution >= 4 is 11.9 Å². The van der Waals surface area contributed by atoms with Crippen molar-refractivity contribution in [2.75, 3.05) is 20.3 Å². The number of alkyl halides is 4. The maximum Gasteiger partial charge on any atom is 0.415 e. The summed E-state index contributed by atoms with van der Waals surface area (Å²) in [6.45, 7) is -0.957. The fraction of sp³-hybridized carbons (Fsp3) is 0.714. The van der Waals surface area contributed by atoms with Gasteiger partial charge in [-0.15, -0.1) is 0 Å². The maximum absolute atomic E-state index is 12.6. The number of hydrogen-bond donors (Lipinski definition) is 1. The molecule has 0 spiro atoms. The van der Waals surface area contributed by atoms with Gasteiger partial charge >= 0.3 is 23.8 Å². The van der Waals surface area contributed by atoms with Crippen molar-refractivity contribution < 1.29 is 41.7 Å². The first-order valence-electron chi connectivity index (χ1n) is 3.83. The Hall–Kier alpha value is -1.38. The summed E-state index contributed by atoms with van der Waals surface area (Å²) in [6, 6.07) is 0. The molecule has 0 amide bonds. The topological polar surface area (TPSA) is 72.8 Å². The molecule has 16 heavy (non-hydrogen) atoms. The van der Waals surface area contributed by atoms with Crippen LogP contribution in [0.5, 0.6) is 0 Å². The number of carboxylic acid groups (broad SMARTS) is 1. The maximum atomic E-state index is 12.6. The van der Waals surface area contributed by atoms with Gasteiger partial charge in [0.15, 0.2) is 0 Å². The van der Waals surface area contributed by atoms with Crippen LogP contribution in [0.15, 0.2) is 0 Å². The van der Waals surface area contributed by atoms with Crippen molar-refractivity contribution in [3.05, 3.63) is 0 Å². The van der Waals surface area contributed by atoms with Crippen molar-refractivity contribution in [2.45, 2.75) is 11.8 Å². The van der Waals surface area contributed by atoms with Crippen LogP contribution in [0.25, 0.3) is 0 Å². The molecular formula is C7H8F4O5. The quantitative estimate of drug-likeness (QED) is 0.421. The lowest BCUT2D eigenvalue weighted by Crippen LogP contribution is -2.53. The van der Waals surface area contributed by atoms with Crippen LogP contribution in [-0.4, -0.2) is 49.2 Å². The molecule has 0 heterocycles. The number of aliphatic carboxylic acids is 1. The Labute approximate surface area is 86.9 Å². The van der Waals surface area contributed by atoms with Crippen molar-refractivity contribution in [1.82, 2.24) is 0 Å². The predicted molar refractivity (Wildman–Crippen MR) is 40.4 cm³/mol. The van der Waals surface area contributed by atoms with Crippen molar-refractivity contribution in [3.8, 4) is 0 Å². The lowest BCUT2D eigenvalue weighted by atomic mass is 10.2. The largest absolute Gasteiger partial charge is 0.477 e. The van der Waals surface area contributed by atoms with Crippen LogP contribution in [-0.2, 0) is 19.1 Å². The number of methoxy groups -OCH3 is 1. The monoisotopic (exact) mass is 248 g/mol. The summed E-state index contributed by atoms with van der Waals surface area (Å²) >= 11 is 0. The molecule has 9 heteroatoms. The third-order valence-corrected chi connectivity index (χ3v) is 1.44. The van der Waals surface area contributed by atoms with Gasteiger partial charge in [0.25, 0.3) is 0 Å². The number of carboxylic acids is 1. The van der Waals surface area contributed by atoms with Gasteiger partial charge in [-0.25, -0.2) is 9.59 Å². The number of rotatable bonds is 6. The molecule has 0 unspecified atom stereocenters. The third-order valence-electron chi connectivity index (χ3n) is 1.44. The zero-order valence-electron chi connectivity index (χ0n) is 8.01. The molecule has 0 saturated carbocycles. The molecule has 94 valence electrons. The summed E-state index contributed by atoms with van der Waals surface area (Å²) in [5.74, 6) is -16.7. The molecule has 0 aliphatic carbocycles. The second-order valence-electron chi connectivity index (χ2n) is 2.58. The van der Waals surface area contributed by atoms with Crippen LogP contribution >= 0.6 is 0 Å². The van der Waals surface area contributed by atoms with Crippen LogP contribution in [0.2, 0.25) is 0 Å². The molecule has 0 aromatic heterocycles. The van der Waals surface area contributed by atoms with Crippen LogP contribution in [0.1, 0.15) is 0 Å². The SMILES string of the molecule is COCCOC(=O)C(F)(F)C(F)(F)C(=O)O. The third kappa shape index (κ3) is 2.81. The molecule has 0 radical (unpaired) electrons. The lowest BCUT2D eigenvalue weighted by Gasteiger charge is -2.20. The van der Waals surface area contributed by atoms with Gasteiger partial charge in [0.05, 0.1) is 6.61 Å². The highest BCUT2D eigenvalue weighted by atomic mass is 19.3. The molecular weight excluding hydrogens is 240 g/mol. The Kier molecular flexibility index (Phi) is 4.66. The summed E-state index contributed by atoms with van der Waals surface area (Å²) in [5, 5.41) is 7.83. The van der Waals surface area contributed by atoms with Crippen LogP contribution in [0.3, 0.4) is 0 Å². The van der Waals surface area contributed by atoms with Gasteiger partial charge in [-0.3, -0.25) is 0 Å². The van der Waals surface area contributed by atoms with Crippen molar-refractivity contribution in [2.24, 2.45) is 0 Å². The van der Waals surface area contributed by atoms with E-state index < -0.39 is 30.4 Å². The number of hydrogen-bond acceptors (Lipinski definition) is 4. The number of carbonyl (C=O) groups is 2. The predicted octanol–water partition coefficient (Wildman–Crippen LogP) is 0.531. The van der Waals surface area contributed by atoms with Crippen LogP contribution < -0.4 is 0 Å². The average molecular weight is 248 g/mol. The van der Waals surface area contributed by atoms with E-state index in [4.69, 9.17) is 5.11 Å². The molecule has 0 fully saturated rings. The van der Waals surface area contributed by atoms with E-state index in [1.165, 1.54) is 0 Å². The first-order chi connectivity index (χ1) is 7.17. The molecule has 0 saturated heterocycles. The lowest BCUT2D eigenvalue weighted by molar-refractivity contribution is -0.235. The molecule has 0 aromatic carbocycles. The van der Waals surface area contributed by atoms with Crippen molar-refractivity contribution in [3.63, 3.8) is 0 Å². The van der Waals surface area contributed by atoms with Gasteiger partial charge in [-0.1, -0.05) is 0 Å². The number of halogens is 4. The molecule has 0 rings (SSSR count). The number of ether oxygens (including phenoxy) is 2. The highest BCUT2D eigenvalue weighted by Gasteiger charge is 2.68. The standard InChI is InChI=1S/C7H8F4O5/c1-15-2-3-16-5(14)7(10,11)6(8,9)4(12)13/h2-3H2,1H3,(H,12,13). The van der Waals surface area contributed by atoms with E-state index in [9.17, 15) is 27.2 Å². The number of esters is 1. The van der Waals surface area contributed by atoms with E-state index in [2.05, 4.69) is 9.47 Å². The van der Waals surface area contributed by atoms with Gasteiger partial charge in [0, 0.05) is 7.11 Å². The van der Waals surface area contributed by atoms with Crippen molar-refractivity contribution in [1.29, 1.82) is 0 Å². The molecule has 0 aliphatic rings. The Morgan fingerprint density at radius 1 is 1.12 bits per heavy atom. The molecule has 0 aliphatic heterocycles. The molecule has 0 bridgehead atoms. The first kappa shape index (κ1) is 14.6. The molecule has 5 nitrogen and oxygen atoms in total. The van der Waals surface area contributed by atoms with E-state index in [1.54, 1.807) is 0 Å². The minimum Gasteiger partial charge on any atom is -0.477 e. The Balaban J connectivity index is 4.65. The minimum atomic E-state index is -5.52. The van der Waals surface area contributed by atoms with E-state index in [1.807, 2.05) is 0 Å². The summed E-state index contributed by atoms with van der Waals surface area (Å²) < 4.78 is 58.1.